The van der Waals surface area contributed by atoms with Crippen LogP contribution in [0.1, 0.15) is 28.7 Å². The fourth-order valence-corrected chi connectivity index (χ4v) is 2.37. The van der Waals surface area contributed by atoms with Gasteiger partial charge in [0.2, 0.25) is 5.91 Å². The van der Waals surface area contributed by atoms with Gasteiger partial charge in [-0.25, -0.2) is 0 Å². The molecule has 8 nitrogen and oxygen atoms in total. The van der Waals surface area contributed by atoms with E-state index in [-0.39, 0.29) is 17.0 Å². The highest BCUT2D eigenvalue weighted by atomic mass is 35.5. The van der Waals surface area contributed by atoms with Crippen LogP contribution in [0.15, 0.2) is 18.2 Å². The third-order valence-corrected chi connectivity index (χ3v) is 3.48. The van der Waals surface area contributed by atoms with Crippen LogP contribution < -0.4 is 20.3 Å². The van der Waals surface area contributed by atoms with Gasteiger partial charge in [-0.15, -0.1) is 0 Å². The maximum atomic E-state index is 12.2. The molecule has 2 aromatic rings. The number of rotatable bonds is 6. The average molecular weight is 367 g/mol. The third kappa shape index (κ3) is 4.87. The maximum absolute atomic E-state index is 12.2. The zero-order valence-corrected chi connectivity index (χ0v) is 14.9. The molecular weight excluding hydrogens is 348 g/mol. The van der Waals surface area contributed by atoms with Crippen molar-refractivity contribution in [2.75, 3.05) is 13.7 Å². The zero-order chi connectivity index (χ0) is 18.4. The largest absolute Gasteiger partial charge is 0.493 e. The Hall–Kier alpha value is -2.74. The molecule has 2 amide bonds. The number of H-pyrrole nitrogens is 1. The summed E-state index contributed by atoms with van der Waals surface area (Å²) >= 11 is 6.12. The molecule has 0 bridgehead atoms. The summed E-state index contributed by atoms with van der Waals surface area (Å²) in [6.07, 6.45) is 0.0397. The number of methoxy groups -OCH3 is 1. The van der Waals surface area contributed by atoms with Crippen LogP contribution in [-0.2, 0) is 11.2 Å². The van der Waals surface area contributed by atoms with Gasteiger partial charge in [-0.05, 0) is 32.0 Å². The fourth-order valence-electron chi connectivity index (χ4n) is 2.11. The Kier molecular flexibility index (Phi) is 6.24. The van der Waals surface area contributed by atoms with Crippen molar-refractivity contribution in [2.24, 2.45) is 0 Å². The molecule has 1 heterocycles. The Morgan fingerprint density at radius 3 is 2.64 bits per heavy atom. The van der Waals surface area contributed by atoms with Crippen molar-refractivity contribution in [3.05, 3.63) is 40.2 Å². The molecule has 0 aliphatic rings. The second kappa shape index (κ2) is 8.39. The maximum Gasteiger partial charge on any atom is 0.269 e. The third-order valence-electron chi connectivity index (χ3n) is 3.20. The summed E-state index contributed by atoms with van der Waals surface area (Å²) in [5.74, 6) is -0.238. The van der Waals surface area contributed by atoms with E-state index >= 15 is 0 Å². The Morgan fingerprint density at radius 2 is 2.04 bits per heavy atom. The lowest BCUT2D eigenvalue weighted by Crippen LogP contribution is -2.42. The van der Waals surface area contributed by atoms with E-state index in [1.165, 1.54) is 19.2 Å². The monoisotopic (exact) mass is 366 g/mol. The predicted octanol–water partition coefficient (Wildman–Crippen LogP) is 1.78. The predicted molar refractivity (Wildman–Crippen MR) is 91.8 cm³/mol. The molecule has 0 radical (unpaired) electrons. The molecule has 0 fully saturated rings. The van der Waals surface area contributed by atoms with Gasteiger partial charge in [-0.2, -0.15) is 5.10 Å². The van der Waals surface area contributed by atoms with Crippen LogP contribution in [0.25, 0.3) is 0 Å². The molecule has 1 aromatic carbocycles. The molecule has 0 atom stereocenters. The minimum atomic E-state index is -0.533. The van der Waals surface area contributed by atoms with Gasteiger partial charge in [-0.1, -0.05) is 11.6 Å². The highest BCUT2D eigenvalue weighted by Crippen LogP contribution is 2.36. The first kappa shape index (κ1) is 18.6. The summed E-state index contributed by atoms with van der Waals surface area (Å²) in [6, 6.07) is 4.67. The standard InChI is InChI=1S/C16H19ClN4O4/c1-4-25-15-12(17)6-10(7-13(15)24-3)16(23)21-20-14(22)8-11-5-9(2)18-19-11/h5-7H,4,8H2,1-3H3,(H,18,19)(H,20,22)(H,21,23). The van der Waals surface area contributed by atoms with Gasteiger partial charge in [0.1, 0.15) is 0 Å². The number of aromatic nitrogens is 2. The number of aryl methyl sites for hydroxylation is 1. The molecule has 0 unspecified atom stereocenters. The molecule has 0 saturated heterocycles. The minimum absolute atomic E-state index is 0.0397. The van der Waals surface area contributed by atoms with Crippen molar-refractivity contribution >= 4 is 23.4 Å². The van der Waals surface area contributed by atoms with Gasteiger partial charge >= 0.3 is 0 Å². The summed E-state index contributed by atoms with van der Waals surface area (Å²) in [4.78, 5) is 24.0. The molecular formula is C16H19ClN4O4. The molecule has 9 heteroatoms. The molecule has 0 spiro atoms. The lowest BCUT2D eigenvalue weighted by atomic mass is 10.2. The van der Waals surface area contributed by atoms with Gasteiger partial charge in [0, 0.05) is 11.3 Å². The van der Waals surface area contributed by atoms with E-state index in [2.05, 4.69) is 21.0 Å². The number of nitrogens with zero attached hydrogens (tertiary/aromatic N) is 1. The van der Waals surface area contributed by atoms with Crippen LogP contribution >= 0.6 is 11.6 Å². The molecule has 1 aromatic heterocycles. The normalized spacial score (nSPS) is 10.2. The van der Waals surface area contributed by atoms with Gasteiger partial charge < -0.3 is 9.47 Å². The Balaban J connectivity index is 2.00. The molecule has 25 heavy (non-hydrogen) atoms. The fraction of sp³-hybridized carbons (Fsp3) is 0.312. The molecule has 3 N–H and O–H groups in total. The van der Waals surface area contributed by atoms with Crippen LogP contribution in [0.5, 0.6) is 11.5 Å². The van der Waals surface area contributed by atoms with Crippen molar-refractivity contribution in [3.63, 3.8) is 0 Å². The first-order valence-electron chi connectivity index (χ1n) is 7.55. The number of benzene rings is 1. The van der Waals surface area contributed by atoms with E-state index in [1.54, 1.807) is 6.07 Å². The van der Waals surface area contributed by atoms with Crippen LogP contribution in [0.2, 0.25) is 5.02 Å². The van der Waals surface area contributed by atoms with Crippen molar-refractivity contribution in [1.29, 1.82) is 0 Å². The first-order chi connectivity index (χ1) is 11.9. The summed E-state index contributed by atoms with van der Waals surface area (Å²) in [6.45, 7) is 4.05. The quantitative estimate of drug-likeness (QED) is 0.676. The molecule has 134 valence electrons. The van der Waals surface area contributed by atoms with Gasteiger partial charge in [0.25, 0.3) is 5.91 Å². The molecule has 2 rings (SSSR count). The number of aromatic amines is 1. The van der Waals surface area contributed by atoms with Crippen LogP contribution in [0.4, 0.5) is 0 Å². The van der Waals surface area contributed by atoms with Crippen LogP contribution in [-0.4, -0.2) is 35.7 Å². The van der Waals surface area contributed by atoms with E-state index in [4.69, 9.17) is 21.1 Å². The second-order valence-electron chi connectivity index (χ2n) is 5.14. The molecule has 0 saturated carbocycles. The second-order valence-corrected chi connectivity index (χ2v) is 5.55. The Labute approximate surface area is 149 Å². The van der Waals surface area contributed by atoms with E-state index in [0.717, 1.165) is 5.69 Å². The zero-order valence-electron chi connectivity index (χ0n) is 14.1. The van der Waals surface area contributed by atoms with Gasteiger partial charge in [-0.3, -0.25) is 25.5 Å². The lowest BCUT2D eigenvalue weighted by molar-refractivity contribution is -0.121. The van der Waals surface area contributed by atoms with Crippen molar-refractivity contribution < 1.29 is 19.1 Å². The number of nitrogens with one attached hydrogen (secondary N) is 3. The first-order valence-corrected chi connectivity index (χ1v) is 7.92. The lowest BCUT2D eigenvalue weighted by Gasteiger charge is -2.13. The van der Waals surface area contributed by atoms with E-state index < -0.39 is 11.8 Å². The van der Waals surface area contributed by atoms with E-state index in [9.17, 15) is 9.59 Å². The smallest absolute Gasteiger partial charge is 0.269 e. The minimum Gasteiger partial charge on any atom is -0.493 e. The Bertz CT molecular complexity index is 775. The number of carbonyl (C=O) groups is 2. The highest BCUT2D eigenvalue weighted by molar-refractivity contribution is 6.32. The number of halogens is 1. The SMILES string of the molecule is CCOc1c(Cl)cc(C(=O)NNC(=O)Cc2cc(C)[nH]n2)cc1OC. The molecule has 0 aliphatic carbocycles. The van der Waals surface area contributed by atoms with Crippen molar-refractivity contribution in [3.8, 4) is 11.5 Å². The number of hydrogen-bond acceptors (Lipinski definition) is 5. The van der Waals surface area contributed by atoms with Crippen molar-refractivity contribution in [2.45, 2.75) is 20.3 Å². The Morgan fingerprint density at radius 1 is 1.28 bits per heavy atom. The van der Waals surface area contributed by atoms with Gasteiger partial charge in [0.05, 0.1) is 30.9 Å². The van der Waals surface area contributed by atoms with E-state index in [1.807, 2.05) is 13.8 Å². The number of hydrogen-bond donors (Lipinski definition) is 3. The summed E-state index contributed by atoms with van der Waals surface area (Å²) in [7, 11) is 1.45. The van der Waals surface area contributed by atoms with E-state index in [0.29, 0.717) is 23.8 Å². The van der Waals surface area contributed by atoms with Crippen LogP contribution in [0, 0.1) is 6.92 Å². The summed E-state index contributed by atoms with van der Waals surface area (Å²) < 4.78 is 10.6. The summed E-state index contributed by atoms with van der Waals surface area (Å²) in [5, 5.41) is 6.94. The van der Waals surface area contributed by atoms with Gasteiger partial charge in [0.15, 0.2) is 11.5 Å². The van der Waals surface area contributed by atoms with Crippen molar-refractivity contribution in [1.82, 2.24) is 21.0 Å². The average Bonchev–Trinajstić information content (AvgIpc) is 2.99. The number of hydrazine groups is 1. The highest BCUT2D eigenvalue weighted by Gasteiger charge is 2.16. The van der Waals surface area contributed by atoms with Crippen LogP contribution in [0.3, 0.4) is 0 Å². The number of carbonyl (C=O) groups excluding carboxylic acids is 2. The molecule has 0 aliphatic heterocycles. The summed E-state index contributed by atoms with van der Waals surface area (Å²) in [5.41, 5.74) is 6.30. The number of ether oxygens (including phenoxy) is 2. The number of amides is 2. The topological polar surface area (TPSA) is 105 Å².